The van der Waals surface area contributed by atoms with Crippen LogP contribution in [0.1, 0.15) is 5.56 Å². The molecule has 1 N–H and O–H groups in total. The van der Waals surface area contributed by atoms with Crippen molar-refractivity contribution in [1.29, 1.82) is 0 Å². The van der Waals surface area contributed by atoms with Gasteiger partial charge in [0.05, 0.1) is 16.5 Å². The van der Waals surface area contributed by atoms with E-state index in [9.17, 15) is 17.8 Å². The second kappa shape index (κ2) is 10.2. The molecular weight excluding hydrogens is 467 g/mol. The molecule has 1 atom stereocenters. The van der Waals surface area contributed by atoms with Crippen LogP contribution in [0.5, 0.6) is 5.75 Å². The summed E-state index contributed by atoms with van der Waals surface area (Å²) in [5.41, 5.74) is 1.74. The van der Waals surface area contributed by atoms with E-state index in [1.54, 1.807) is 48.7 Å². The zero-order chi connectivity index (χ0) is 22.5. The molecule has 1 unspecified atom stereocenters. The van der Waals surface area contributed by atoms with Gasteiger partial charge < -0.3 is 10.1 Å². The third-order valence-electron chi connectivity index (χ3n) is 4.32. The maximum Gasteiger partial charge on any atom is 0.387 e. The molecule has 0 bridgehead atoms. The molecule has 0 radical (unpaired) electrons. The summed E-state index contributed by atoms with van der Waals surface area (Å²) in [6.45, 7) is -3.00. The van der Waals surface area contributed by atoms with Crippen LogP contribution in [0, 0.1) is 0 Å². The zero-order valence-corrected chi connectivity index (χ0v) is 18.5. The minimum absolute atomic E-state index is 0.0606. The lowest BCUT2D eigenvalue weighted by atomic mass is 10.0. The molecule has 0 aliphatic heterocycles. The van der Waals surface area contributed by atoms with Crippen LogP contribution in [-0.2, 0) is 22.0 Å². The number of nitrogens with one attached hydrogen (secondary N) is 1. The van der Waals surface area contributed by atoms with E-state index >= 15 is 0 Å². The first kappa shape index (κ1) is 23.2. The quantitative estimate of drug-likeness (QED) is 0.436. The largest absolute Gasteiger partial charge is 0.434 e. The van der Waals surface area contributed by atoms with E-state index < -0.39 is 17.4 Å². The van der Waals surface area contributed by atoms with Crippen LogP contribution in [0.4, 0.5) is 14.5 Å². The van der Waals surface area contributed by atoms with E-state index in [2.05, 4.69) is 10.1 Å². The summed E-state index contributed by atoms with van der Waals surface area (Å²) in [5, 5.41) is 3.05. The number of hydrogen-bond donors (Lipinski definition) is 1. The monoisotopic (exact) mass is 483 g/mol. The van der Waals surface area contributed by atoms with Crippen LogP contribution in [0.15, 0.2) is 65.6 Å². The van der Waals surface area contributed by atoms with Crippen LogP contribution >= 0.6 is 23.2 Å². The van der Waals surface area contributed by atoms with E-state index in [0.717, 1.165) is 5.56 Å². The van der Waals surface area contributed by atoms with Gasteiger partial charge in [-0.15, -0.1) is 0 Å². The number of hydrogen-bond acceptors (Lipinski definition) is 3. The Morgan fingerprint density at radius 1 is 1.06 bits per heavy atom. The number of para-hydroxylation sites is 1. The first-order valence-corrected chi connectivity index (χ1v) is 11.3. The number of halogens is 4. The Morgan fingerprint density at radius 2 is 1.68 bits per heavy atom. The summed E-state index contributed by atoms with van der Waals surface area (Å²) in [4.78, 5) is 13.1. The Balaban J connectivity index is 1.79. The lowest BCUT2D eigenvalue weighted by molar-refractivity contribution is -0.115. The van der Waals surface area contributed by atoms with E-state index in [-0.39, 0.29) is 28.1 Å². The molecule has 162 valence electrons. The van der Waals surface area contributed by atoms with E-state index in [0.29, 0.717) is 21.7 Å². The number of ether oxygens (including phenoxy) is 1. The number of alkyl halides is 2. The van der Waals surface area contributed by atoms with Gasteiger partial charge in [-0.3, -0.25) is 9.00 Å². The minimum Gasteiger partial charge on any atom is -0.434 e. The molecule has 1 amide bonds. The van der Waals surface area contributed by atoms with Crippen molar-refractivity contribution in [3.8, 4) is 16.9 Å². The number of rotatable bonds is 7. The van der Waals surface area contributed by atoms with Crippen molar-refractivity contribution in [3.05, 3.63) is 76.3 Å². The number of carbonyl (C=O) groups is 1. The topological polar surface area (TPSA) is 55.4 Å². The van der Waals surface area contributed by atoms with Gasteiger partial charge in [-0.05, 0) is 35.9 Å². The predicted molar refractivity (Wildman–Crippen MR) is 120 cm³/mol. The van der Waals surface area contributed by atoms with Crippen molar-refractivity contribution < 1.29 is 22.5 Å². The van der Waals surface area contributed by atoms with Crippen molar-refractivity contribution in [2.45, 2.75) is 17.9 Å². The van der Waals surface area contributed by atoms with E-state index in [4.69, 9.17) is 23.2 Å². The summed E-state index contributed by atoms with van der Waals surface area (Å²) in [6, 6.07) is 16.0. The average molecular weight is 484 g/mol. The van der Waals surface area contributed by atoms with Gasteiger partial charge in [0.1, 0.15) is 5.75 Å². The summed E-state index contributed by atoms with van der Waals surface area (Å²) in [5.74, 6) is -0.360. The summed E-state index contributed by atoms with van der Waals surface area (Å²) in [6.07, 6.45) is 1.68. The zero-order valence-electron chi connectivity index (χ0n) is 16.2. The third kappa shape index (κ3) is 6.03. The fourth-order valence-corrected chi connectivity index (χ4v) is 4.17. The molecule has 3 aromatic rings. The number of benzene rings is 3. The van der Waals surface area contributed by atoms with Crippen molar-refractivity contribution >= 4 is 45.6 Å². The fraction of sp³-hybridized carbons (Fsp3) is 0.136. The molecule has 0 heterocycles. The molecule has 3 aromatic carbocycles. The van der Waals surface area contributed by atoms with Gasteiger partial charge in [0.25, 0.3) is 0 Å². The van der Waals surface area contributed by atoms with Crippen molar-refractivity contribution in [2.75, 3.05) is 11.6 Å². The predicted octanol–water partition coefficient (Wildman–Crippen LogP) is 6.18. The van der Waals surface area contributed by atoms with Gasteiger partial charge in [-0.2, -0.15) is 8.78 Å². The smallest absolute Gasteiger partial charge is 0.387 e. The summed E-state index contributed by atoms with van der Waals surface area (Å²) >= 11 is 12.7. The van der Waals surface area contributed by atoms with Gasteiger partial charge in [-0.25, -0.2) is 0 Å². The van der Waals surface area contributed by atoms with Gasteiger partial charge in [0.2, 0.25) is 5.91 Å². The third-order valence-corrected chi connectivity index (χ3v) is 5.85. The molecule has 31 heavy (non-hydrogen) atoms. The summed E-state index contributed by atoms with van der Waals surface area (Å²) < 4.78 is 41.4. The molecule has 0 aliphatic rings. The Labute approximate surface area is 190 Å². The Bertz CT molecular complexity index is 1100. The van der Waals surface area contributed by atoms with Crippen molar-refractivity contribution in [1.82, 2.24) is 0 Å². The number of carbonyl (C=O) groups excluding carboxylic acids is 1. The van der Waals surface area contributed by atoms with Crippen LogP contribution in [0.3, 0.4) is 0 Å². The second-order valence-electron chi connectivity index (χ2n) is 6.51. The second-order valence-corrected chi connectivity index (χ2v) is 8.71. The molecule has 4 nitrogen and oxygen atoms in total. The lowest BCUT2D eigenvalue weighted by Gasteiger charge is -2.15. The molecule has 0 aliphatic carbocycles. The van der Waals surface area contributed by atoms with Crippen molar-refractivity contribution in [2.24, 2.45) is 0 Å². The first-order chi connectivity index (χ1) is 14.7. The highest BCUT2D eigenvalue weighted by Gasteiger charge is 2.17. The van der Waals surface area contributed by atoms with E-state index in [1.807, 2.05) is 0 Å². The Morgan fingerprint density at radius 3 is 2.26 bits per heavy atom. The summed E-state index contributed by atoms with van der Waals surface area (Å²) in [7, 11) is -1.09. The van der Waals surface area contributed by atoms with Crippen LogP contribution in [-0.4, -0.2) is 23.0 Å². The molecule has 0 fully saturated rings. The normalized spacial score (nSPS) is 11.9. The fourth-order valence-electron chi connectivity index (χ4n) is 2.96. The average Bonchev–Trinajstić information content (AvgIpc) is 2.68. The lowest BCUT2D eigenvalue weighted by Crippen LogP contribution is -2.14. The van der Waals surface area contributed by atoms with Crippen LogP contribution < -0.4 is 10.1 Å². The maximum atomic E-state index is 12.7. The molecular formula is C22H17Cl2F2NO3S. The van der Waals surface area contributed by atoms with Gasteiger partial charge >= 0.3 is 6.61 Å². The van der Waals surface area contributed by atoms with Gasteiger partial charge in [0, 0.05) is 38.8 Å². The molecule has 0 saturated carbocycles. The van der Waals surface area contributed by atoms with E-state index in [1.165, 1.54) is 18.2 Å². The molecule has 3 rings (SSSR count). The van der Waals surface area contributed by atoms with Crippen molar-refractivity contribution in [3.63, 3.8) is 0 Å². The van der Waals surface area contributed by atoms with Gasteiger partial charge in [-0.1, -0.05) is 53.5 Å². The SMILES string of the molecule is CS(=O)c1ccc(CC(=O)Nc2cc(Cl)c(-c3ccccc3OC(F)F)c(Cl)c2)cc1. The number of amides is 1. The van der Waals surface area contributed by atoms with Crippen LogP contribution in [0.25, 0.3) is 11.1 Å². The van der Waals surface area contributed by atoms with Crippen LogP contribution in [0.2, 0.25) is 10.0 Å². The Hall–Kier alpha value is -2.48. The number of anilines is 1. The highest BCUT2D eigenvalue weighted by atomic mass is 35.5. The molecule has 0 saturated heterocycles. The first-order valence-electron chi connectivity index (χ1n) is 9.00. The Kier molecular flexibility index (Phi) is 7.64. The maximum absolute atomic E-state index is 12.7. The minimum atomic E-state index is -3.00. The standard InChI is InChI=1S/C22H17Cl2F2NO3S/c1-31(29)15-8-6-13(7-9-15)10-20(28)27-14-11-17(23)21(18(24)12-14)16-4-2-3-5-19(16)30-22(25)26/h2-9,11-12,22H,10H2,1H3,(H,27,28). The molecule has 9 heteroatoms. The highest BCUT2D eigenvalue weighted by molar-refractivity contribution is 7.84. The molecule has 0 aromatic heterocycles. The molecule has 0 spiro atoms. The van der Waals surface area contributed by atoms with Gasteiger partial charge in [0.15, 0.2) is 0 Å². The highest BCUT2D eigenvalue weighted by Crippen LogP contribution is 2.41.